The van der Waals surface area contributed by atoms with Crippen LogP contribution in [0.1, 0.15) is 66.4 Å². The highest BCUT2D eigenvalue weighted by atomic mass is 16.2. The minimum Gasteiger partial charge on any atom is -0.327 e. The molecule has 0 radical (unpaired) electrons. The zero-order valence-corrected chi connectivity index (χ0v) is 14.7. The summed E-state index contributed by atoms with van der Waals surface area (Å²) in [6, 6.07) is 1.75. The van der Waals surface area contributed by atoms with Crippen LogP contribution in [-0.4, -0.2) is 42.5 Å². The van der Waals surface area contributed by atoms with Gasteiger partial charge in [0.05, 0.1) is 6.04 Å². The van der Waals surface area contributed by atoms with Crippen LogP contribution in [0.4, 0.5) is 0 Å². The van der Waals surface area contributed by atoms with Crippen LogP contribution in [-0.2, 0) is 6.42 Å². The molecule has 0 aliphatic carbocycles. The first-order valence-corrected chi connectivity index (χ1v) is 8.48. The second-order valence-corrected chi connectivity index (χ2v) is 6.83. The van der Waals surface area contributed by atoms with Gasteiger partial charge in [-0.15, -0.1) is 0 Å². The van der Waals surface area contributed by atoms with Crippen LogP contribution in [0, 0.1) is 19.8 Å². The van der Waals surface area contributed by atoms with Gasteiger partial charge in [0.1, 0.15) is 17.3 Å². The Morgan fingerprint density at radius 3 is 2.79 bits per heavy atom. The lowest BCUT2D eigenvalue weighted by molar-refractivity contribution is 0.0723. The molecule has 1 atom stereocenters. The Morgan fingerprint density at radius 1 is 1.33 bits per heavy atom. The van der Waals surface area contributed by atoms with Gasteiger partial charge in [-0.1, -0.05) is 13.8 Å². The molecule has 0 bridgehead atoms. The molecule has 3 heterocycles. The molecule has 3 rings (SSSR count). The summed E-state index contributed by atoms with van der Waals surface area (Å²) in [7, 11) is 0. The third-order valence-electron chi connectivity index (χ3n) is 4.15. The Bertz CT molecular complexity index is 738. The van der Waals surface area contributed by atoms with Crippen molar-refractivity contribution in [1.82, 2.24) is 30.0 Å². The topological polar surface area (TPSA) is 87.7 Å². The van der Waals surface area contributed by atoms with Gasteiger partial charge in [0.15, 0.2) is 5.82 Å². The molecular weight excluding hydrogens is 304 g/mol. The highest BCUT2D eigenvalue weighted by Gasteiger charge is 2.34. The Morgan fingerprint density at radius 2 is 2.12 bits per heavy atom. The monoisotopic (exact) mass is 328 g/mol. The molecule has 2 aromatic rings. The lowest BCUT2D eigenvalue weighted by Crippen LogP contribution is -2.32. The zero-order valence-electron chi connectivity index (χ0n) is 14.7. The van der Waals surface area contributed by atoms with Crippen molar-refractivity contribution in [3.63, 3.8) is 0 Å². The van der Waals surface area contributed by atoms with Crippen molar-refractivity contribution in [2.75, 3.05) is 6.54 Å². The van der Waals surface area contributed by atoms with Crippen LogP contribution >= 0.6 is 0 Å². The summed E-state index contributed by atoms with van der Waals surface area (Å²) in [6.45, 7) is 8.69. The van der Waals surface area contributed by atoms with Gasteiger partial charge >= 0.3 is 0 Å². The van der Waals surface area contributed by atoms with E-state index >= 15 is 0 Å². The van der Waals surface area contributed by atoms with E-state index < -0.39 is 0 Å². The van der Waals surface area contributed by atoms with Crippen LogP contribution in [0.5, 0.6) is 0 Å². The molecule has 0 aromatic carbocycles. The van der Waals surface area contributed by atoms with Crippen molar-refractivity contribution in [3.8, 4) is 0 Å². The molecule has 24 heavy (non-hydrogen) atoms. The van der Waals surface area contributed by atoms with Crippen molar-refractivity contribution in [1.29, 1.82) is 0 Å². The van der Waals surface area contributed by atoms with Crippen molar-refractivity contribution < 1.29 is 4.79 Å². The number of hydrogen-bond acceptors (Lipinski definition) is 5. The van der Waals surface area contributed by atoms with E-state index in [0.717, 1.165) is 30.8 Å². The van der Waals surface area contributed by atoms with E-state index in [1.165, 1.54) is 0 Å². The van der Waals surface area contributed by atoms with Gasteiger partial charge in [0.25, 0.3) is 5.91 Å². The summed E-state index contributed by atoms with van der Waals surface area (Å²) < 4.78 is 0. The summed E-state index contributed by atoms with van der Waals surface area (Å²) in [6.07, 6.45) is 2.67. The number of carbonyl (C=O) groups excluding carboxylic acids is 1. The van der Waals surface area contributed by atoms with Gasteiger partial charge in [0, 0.05) is 12.2 Å². The molecule has 1 N–H and O–H groups in total. The SMILES string of the molecule is Cc1nc(CC(C)C)cc(C(=O)N2CCC[C@H]2c2n[nH]c(C)n2)n1. The molecule has 7 nitrogen and oxygen atoms in total. The minimum atomic E-state index is -0.0775. The van der Waals surface area contributed by atoms with Crippen LogP contribution in [0.3, 0.4) is 0 Å². The standard InChI is InChI=1S/C17H24N6O/c1-10(2)8-13-9-14(19-11(3)18-13)17(24)23-7-5-6-15(23)16-20-12(4)21-22-16/h9-10,15H,5-8H2,1-4H3,(H,20,21,22)/t15-/m0/s1. The molecule has 128 valence electrons. The summed E-state index contributed by atoms with van der Waals surface area (Å²) in [5.74, 6) is 2.52. The van der Waals surface area contributed by atoms with Crippen molar-refractivity contribution >= 4 is 5.91 Å². The zero-order chi connectivity index (χ0) is 17.3. The van der Waals surface area contributed by atoms with E-state index in [0.29, 0.717) is 29.8 Å². The third kappa shape index (κ3) is 3.44. The number of hydrogen-bond donors (Lipinski definition) is 1. The average molecular weight is 328 g/mol. The van der Waals surface area contributed by atoms with Gasteiger partial charge in [-0.2, -0.15) is 5.10 Å². The Hall–Kier alpha value is -2.31. The molecule has 1 saturated heterocycles. The second kappa shape index (κ2) is 6.67. The number of carbonyl (C=O) groups is 1. The highest BCUT2D eigenvalue weighted by molar-refractivity contribution is 5.92. The fourth-order valence-corrected chi connectivity index (χ4v) is 3.20. The fraction of sp³-hybridized carbons (Fsp3) is 0.588. The highest BCUT2D eigenvalue weighted by Crippen LogP contribution is 2.31. The molecule has 1 aliphatic rings. The summed E-state index contributed by atoms with van der Waals surface area (Å²) >= 11 is 0. The van der Waals surface area contributed by atoms with Crippen LogP contribution < -0.4 is 0 Å². The molecule has 1 fully saturated rings. The van der Waals surface area contributed by atoms with E-state index in [9.17, 15) is 4.79 Å². The molecule has 1 aliphatic heterocycles. The molecular formula is C17H24N6O. The van der Waals surface area contributed by atoms with E-state index in [4.69, 9.17) is 0 Å². The van der Waals surface area contributed by atoms with Crippen molar-refractivity contribution in [3.05, 3.63) is 34.9 Å². The maximum Gasteiger partial charge on any atom is 0.273 e. The maximum absolute atomic E-state index is 13.0. The van der Waals surface area contributed by atoms with Crippen molar-refractivity contribution in [2.24, 2.45) is 5.92 Å². The largest absolute Gasteiger partial charge is 0.327 e. The normalized spacial score (nSPS) is 17.7. The van der Waals surface area contributed by atoms with Crippen LogP contribution in [0.15, 0.2) is 6.07 Å². The van der Waals surface area contributed by atoms with Crippen LogP contribution in [0.25, 0.3) is 0 Å². The molecule has 1 amide bonds. The molecule has 0 spiro atoms. The summed E-state index contributed by atoms with van der Waals surface area (Å²) in [4.78, 5) is 28.1. The minimum absolute atomic E-state index is 0.0598. The second-order valence-electron chi connectivity index (χ2n) is 6.83. The number of amides is 1. The van der Waals surface area contributed by atoms with Crippen LogP contribution in [0.2, 0.25) is 0 Å². The molecule has 0 saturated carbocycles. The lowest BCUT2D eigenvalue weighted by Gasteiger charge is -2.22. The number of nitrogens with zero attached hydrogens (tertiary/aromatic N) is 5. The van der Waals surface area contributed by atoms with E-state index in [-0.39, 0.29) is 11.9 Å². The number of H-pyrrole nitrogens is 1. The number of aromatic amines is 1. The number of rotatable bonds is 4. The van der Waals surface area contributed by atoms with Crippen molar-refractivity contribution in [2.45, 2.75) is 53.0 Å². The Balaban J connectivity index is 1.86. The summed E-state index contributed by atoms with van der Waals surface area (Å²) in [5.41, 5.74) is 1.39. The van der Waals surface area contributed by atoms with E-state index in [1.54, 1.807) is 0 Å². The Labute approximate surface area is 141 Å². The predicted octanol–water partition coefficient (Wildman–Crippen LogP) is 2.39. The third-order valence-corrected chi connectivity index (χ3v) is 4.15. The number of aromatic nitrogens is 5. The first kappa shape index (κ1) is 16.5. The van der Waals surface area contributed by atoms with Gasteiger partial charge in [-0.05, 0) is 45.1 Å². The van der Waals surface area contributed by atoms with E-state index in [2.05, 4.69) is 39.0 Å². The van der Waals surface area contributed by atoms with Gasteiger partial charge in [0.2, 0.25) is 0 Å². The first-order chi connectivity index (χ1) is 11.4. The number of likely N-dealkylation sites (tertiary alicyclic amines) is 1. The number of aryl methyl sites for hydroxylation is 2. The smallest absolute Gasteiger partial charge is 0.273 e. The number of nitrogens with one attached hydrogen (secondary N) is 1. The molecule has 0 unspecified atom stereocenters. The fourth-order valence-electron chi connectivity index (χ4n) is 3.20. The maximum atomic E-state index is 13.0. The van der Waals surface area contributed by atoms with Gasteiger partial charge < -0.3 is 4.90 Å². The quantitative estimate of drug-likeness (QED) is 0.931. The molecule has 7 heteroatoms. The average Bonchev–Trinajstić information content (AvgIpc) is 3.13. The molecule has 2 aromatic heterocycles. The predicted molar refractivity (Wildman–Crippen MR) is 89.4 cm³/mol. The van der Waals surface area contributed by atoms with Gasteiger partial charge in [-0.3, -0.25) is 9.89 Å². The lowest BCUT2D eigenvalue weighted by atomic mass is 10.1. The van der Waals surface area contributed by atoms with Gasteiger partial charge in [-0.25, -0.2) is 15.0 Å². The summed E-state index contributed by atoms with van der Waals surface area (Å²) in [5, 5.41) is 7.10. The Kier molecular flexibility index (Phi) is 4.59. The first-order valence-electron chi connectivity index (χ1n) is 8.48. The van der Waals surface area contributed by atoms with E-state index in [1.807, 2.05) is 24.8 Å².